The highest BCUT2D eigenvalue weighted by Crippen LogP contribution is 2.26. The van der Waals surface area contributed by atoms with E-state index in [2.05, 4.69) is 27.4 Å². The van der Waals surface area contributed by atoms with Gasteiger partial charge in [0.15, 0.2) is 0 Å². The van der Waals surface area contributed by atoms with Crippen LogP contribution in [0.15, 0.2) is 0 Å². The monoisotopic (exact) mass is 235 g/mol. The minimum Gasteiger partial charge on any atom is -0.313 e. The van der Waals surface area contributed by atoms with Crippen molar-refractivity contribution in [1.29, 1.82) is 0 Å². The predicted molar refractivity (Wildman–Crippen MR) is 46.7 cm³/mol. The van der Waals surface area contributed by atoms with Crippen molar-refractivity contribution < 1.29 is 0 Å². The molecular formula is C7H10IN. The Morgan fingerprint density at radius 2 is 2.00 bits per heavy atom. The van der Waals surface area contributed by atoms with Crippen LogP contribution in [0.5, 0.6) is 0 Å². The molecule has 0 N–H and O–H groups in total. The second-order valence-electron chi connectivity index (χ2n) is 2.50. The van der Waals surface area contributed by atoms with Crippen LogP contribution in [0.25, 0.3) is 4.85 Å². The Kier molecular flexibility index (Phi) is 2.77. The van der Waals surface area contributed by atoms with Gasteiger partial charge in [0.25, 0.3) is 0 Å². The molecule has 2 atom stereocenters. The molecule has 1 rings (SSSR count). The number of hydrogen-bond acceptors (Lipinski definition) is 0. The number of halogens is 1. The lowest BCUT2D eigenvalue weighted by Crippen LogP contribution is -2.20. The van der Waals surface area contributed by atoms with E-state index in [9.17, 15) is 0 Å². The Hall–Kier alpha value is 0.220. The van der Waals surface area contributed by atoms with E-state index in [1.54, 1.807) is 0 Å². The van der Waals surface area contributed by atoms with Crippen molar-refractivity contribution >= 4 is 22.6 Å². The lowest BCUT2D eigenvalue weighted by molar-refractivity contribution is 0.504. The molecule has 0 aliphatic heterocycles. The van der Waals surface area contributed by atoms with Crippen molar-refractivity contribution in [2.24, 2.45) is 0 Å². The number of alkyl halides is 1. The van der Waals surface area contributed by atoms with Gasteiger partial charge in [-0.15, -0.1) is 0 Å². The van der Waals surface area contributed by atoms with E-state index < -0.39 is 0 Å². The predicted octanol–water partition coefficient (Wildman–Crippen LogP) is 2.65. The standard InChI is InChI=1S/C7H10IN/c1-9-7-5-3-2-4-6(7)8/h6-7H,2-5H2/t6-,7-/m0/s1. The first-order valence-electron chi connectivity index (χ1n) is 3.35. The largest absolute Gasteiger partial charge is 0.313 e. The molecule has 0 spiro atoms. The van der Waals surface area contributed by atoms with E-state index in [-0.39, 0.29) is 0 Å². The normalized spacial score (nSPS) is 35.6. The van der Waals surface area contributed by atoms with Gasteiger partial charge in [0.1, 0.15) is 0 Å². The maximum Gasteiger partial charge on any atom is 0.235 e. The van der Waals surface area contributed by atoms with Gasteiger partial charge in [-0.3, -0.25) is 0 Å². The number of rotatable bonds is 0. The summed E-state index contributed by atoms with van der Waals surface area (Å²) in [6.45, 7) is 6.85. The van der Waals surface area contributed by atoms with Crippen molar-refractivity contribution in [3.05, 3.63) is 11.4 Å². The van der Waals surface area contributed by atoms with Crippen LogP contribution in [0.2, 0.25) is 0 Å². The van der Waals surface area contributed by atoms with Crippen LogP contribution >= 0.6 is 22.6 Å². The topological polar surface area (TPSA) is 4.36 Å². The molecule has 1 aliphatic rings. The maximum atomic E-state index is 6.85. The molecule has 0 radical (unpaired) electrons. The first kappa shape index (κ1) is 7.33. The molecule has 9 heavy (non-hydrogen) atoms. The zero-order chi connectivity index (χ0) is 6.69. The van der Waals surface area contributed by atoms with E-state index in [0.717, 1.165) is 6.42 Å². The molecule has 0 aromatic heterocycles. The van der Waals surface area contributed by atoms with E-state index in [1.165, 1.54) is 19.3 Å². The average Bonchev–Trinajstić information content (AvgIpc) is 1.89. The first-order valence-corrected chi connectivity index (χ1v) is 4.60. The molecule has 1 nitrogen and oxygen atoms in total. The number of hydrogen-bond donors (Lipinski definition) is 0. The highest BCUT2D eigenvalue weighted by Gasteiger charge is 2.26. The van der Waals surface area contributed by atoms with Crippen LogP contribution in [-0.4, -0.2) is 9.97 Å². The Balaban J connectivity index is 2.41. The Labute approximate surface area is 69.8 Å². The van der Waals surface area contributed by atoms with Crippen molar-refractivity contribution in [3.8, 4) is 0 Å². The summed E-state index contributed by atoms with van der Waals surface area (Å²) in [6.07, 6.45) is 5.00. The van der Waals surface area contributed by atoms with Crippen LogP contribution in [0.3, 0.4) is 0 Å². The fraction of sp³-hybridized carbons (Fsp3) is 0.857. The Morgan fingerprint density at radius 1 is 1.33 bits per heavy atom. The fourth-order valence-corrected chi connectivity index (χ4v) is 2.17. The fourth-order valence-electron chi connectivity index (χ4n) is 1.21. The van der Waals surface area contributed by atoms with E-state index in [4.69, 9.17) is 6.57 Å². The van der Waals surface area contributed by atoms with Gasteiger partial charge in [-0.2, -0.15) is 0 Å². The molecule has 1 fully saturated rings. The van der Waals surface area contributed by atoms with Gasteiger partial charge in [0.2, 0.25) is 6.04 Å². The van der Waals surface area contributed by atoms with Gasteiger partial charge in [-0.1, -0.05) is 29.0 Å². The summed E-state index contributed by atoms with van der Waals surface area (Å²) in [4.78, 5) is 3.57. The molecule has 0 bridgehead atoms. The average molecular weight is 235 g/mol. The summed E-state index contributed by atoms with van der Waals surface area (Å²) < 4.78 is 0.633. The quantitative estimate of drug-likeness (QED) is 0.345. The molecule has 0 aromatic carbocycles. The summed E-state index contributed by atoms with van der Waals surface area (Å²) in [6, 6.07) is 0.333. The van der Waals surface area contributed by atoms with Gasteiger partial charge in [0, 0.05) is 6.42 Å². The molecule has 1 aliphatic carbocycles. The molecular weight excluding hydrogens is 225 g/mol. The third-order valence-corrected chi connectivity index (χ3v) is 3.27. The maximum absolute atomic E-state index is 6.85. The SMILES string of the molecule is [C-]#[N+][C@H]1CCCC[C@@H]1I. The summed E-state index contributed by atoms with van der Waals surface area (Å²) in [5.74, 6) is 0. The van der Waals surface area contributed by atoms with Crippen LogP contribution < -0.4 is 0 Å². The van der Waals surface area contributed by atoms with Crippen LogP contribution in [0.1, 0.15) is 25.7 Å². The van der Waals surface area contributed by atoms with Crippen molar-refractivity contribution in [2.45, 2.75) is 35.6 Å². The van der Waals surface area contributed by atoms with Gasteiger partial charge < -0.3 is 4.85 Å². The van der Waals surface area contributed by atoms with Gasteiger partial charge in [0.05, 0.1) is 3.92 Å². The molecule has 0 heterocycles. The first-order chi connectivity index (χ1) is 4.34. The zero-order valence-corrected chi connectivity index (χ0v) is 7.47. The van der Waals surface area contributed by atoms with Gasteiger partial charge in [-0.25, -0.2) is 6.57 Å². The number of nitrogens with zero attached hydrogens (tertiary/aromatic N) is 1. The molecule has 2 heteroatoms. The lowest BCUT2D eigenvalue weighted by Gasteiger charge is -2.17. The van der Waals surface area contributed by atoms with Crippen LogP contribution in [0.4, 0.5) is 0 Å². The molecule has 0 amide bonds. The van der Waals surface area contributed by atoms with E-state index in [1.807, 2.05) is 0 Å². The highest BCUT2D eigenvalue weighted by molar-refractivity contribution is 14.1. The Bertz CT molecular complexity index is 127. The zero-order valence-electron chi connectivity index (χ0n) is 5.31. The second kappa shape index (κ2) is 3.40. The molecule has 0 aromatic rings. The highest BCUT2D eigenvalue weighted by atomic mass is 127. The molecule has 0 unspecified atom stereocenters. The lowest BCUT2D eigenvalue weighted by atomic mass is 9.96. The van der Waals surface area contributed by atoms with E-state index >= 15 is 0 Å². The minimum atomic E-state index is 0.333. The van der Waals surface area contributed by atoms with Crippen molar-refractivity contribution in [1.82, 2.24) is 0 Å². The van der Waals surface area contributed by atoms with E-state index in [0.29, 0.717) is 9.97 Å². The summed E-state index contributed by atoms with van der Waals surface area (Å²) in [5.41, 5.74) is 0. The minimum absolute atomic E-state index is 0.333. The molecule has 0 saturated heterocycles. The van der Waals surface area contributed by atoms with Crippen molar-refractivity contribution in [2.75, 3.05) is 0 Å². The molecule has 50 valence electrons. The molecule has 1 saturated carbocycles. The third-order valence-electron chi connectivity index (χ3n) is 1.81. The van der Waals surface area contributed by atoms with Crippen molar-refractivity contribution in [3.63, 3.8) is 0 Å². The summed E-state index contributed by atoms with van der Waals surface area (Å²) in [5, 5.41) is 0. The van der Waals surface area contributed by atoms with Crippen LogP contribution in [0, 0.1) is 6.57 Å². The van der Waals surface area contributed by atoms with Gasteiger partial charge >= 0.3 is 0 Å². The van der Waals surface area contributed by atoms with Crippen LogP contribution in [-0.2, 0) is 0 Å². The summed E-state index contributed by atoms with van der Waals surface area (Å²) >= 11 is 2.41. The summed E-state index contributed by atoms with van der Waals surface area (Å²) in [7, 11) is 0. The second-order valence-corrected chi connectivity index (χ2v) is 4.10. The van der Waals surface area contributed by atoms with Gasteiger partial charge in [-0.05, 0) is 12.8 Å². The smallest absolute Gasteiger partial charge is 0.235 e. The Morgan fingerprint density at radius 3 is 2.44 bits per heavy atom. The third kappa shape index (κ3) is 1.82.